The molecule has 0 aromatic carbocycles. The number of carbonyl (C=O) groups is 2. The maximum atomic E-state index is 12.4. The SMILES string of the molecule is C[C@H](C(=O)NC1CCCCC1)N1CCC([C@@H](O)C(N)=O)CC1. The number of nitrogens with two attached hydrogens (primary N) is 1. The second kappa shape index (κ2) is 7.92. The number of amides is 2. The van der Waals surface area contributed by atoms with E-state index in [2.05, 4.69) is 10.2 Å². The van der Waals surface area contributed by atoms with Gasteiger partial charge in [0.15, 0.2) is 0 Å². The van der Waals surface area contributed by atoms with Crippen LogP contribution in [0.4, 0.5) is 0 Å². The zero-order chi connectivity index (χ0) is 16.1. The van der Waals surface area contributed by atoms with E-state index in [1.807, 2.05) is 6.92 Å². The second-order valence-corrected chi connectivity index (χ2v) is 6.74. The molecule has 1 saturated heterocycles. The molecule has 2 amide bonds. The van der Waals surface area contributed by atoms with Gasteiger partial charge >= 0.3 is 0 Å². The van der Waals surface area contributed by atoms with Gasteiger partial charge in [0, 0.05) is 6.04 Å². The molecule has 2 aliphatic rings. The zero-order valence-electron chi connectivity index (χ0n) is 13.5. The maximum absolute atomic E-state index is 12.4. The molecule has 22 heavy (non-hydrogen) atoms. The van der Waals surface area contributed by atoms with Gasteiger partial charge in [-0.25, -0.2) is 0 Å². The van der Waals surface area contributed by atoms with Crippen LogP contribution in [0.25, 0.3) is 0 Å². The maximum Gasteiger partial charge on any atom is 0.246 e. The van der Waals surface area contributed by atoms with Crippen LogP contribution in [0, 0.1) is 5.92 Å². The quantitative estimate of drug-likeness (QED) is 0.684. The van der Waals surface area contributed by atoms with Crippen molar-refractivity contribution in [2.75, 3.05) is 13.1 Å². The van der Waals surface area contributed by atoms with E-state index in [0.29, 0.717) is 32.0 Å². The predicted octanol–water partition coefficient (Wildman–Crippen LogP) is 0.382. The minimum Gasteiger partial charge on any atom is -0.383 e. The van der Waals surface area contributed by atoms with Crippen LogP contribution in [0.2, 0.25) is 0 Å². The van der Waals surface area contributed by atoms with Crippen molar-refractivity contribution in [1.82, 2.24) is 10.2 Å². The van der Waals surface area contributed by atoms with Crippen LogP contribution in [0.3, 0.4) is 0 Å². The first kappa shape index (κ1) is 17.2. The van der Waals surface area contributed by atoms with Crippen LogP contribution in [0.5, 0.6) is 0 Å². The molecule has 126 valence electrons. The summed E-state index contributed by atoms with van der Waals surface area (Å²) in [6.07, 6.45) is 6.20. The molecule has 1 aliphatic heterocycles. The van der Waals surface area contributed by atoms with E-state index in [-0.39, 0.29) is 17.9 Å². The fraction of sp³-hybridized carbons (Fsp3) is 0.875. The van der Waals surface area contributed by atoms with Gasteiger partial charge in [-0.3, -0.25) is 14.5 Å². The summed E-state index contributed by atoms with van der Waals surface area (Å²) in [6.45, 7) is 3.37. The normalized spacial score (nSPS) is 24.6. The number of carbonyl (C=O) groups excluding carboxylic acids is 2. The lowest BCUT2D eigenvalue weighted by Crippen LogP contribution is -2.52. The third kappa shape index (κ3) is 4.43. The standard InChI is InChI=1S/C16H29N3O3/c1-11(16(22)18-13-5-3-2-4-6-13)19-9-7-12(8-10-19)14(20)15(17)21/h11-14,20H,2-10H2,1H3,(H2,17,21)(H,18,22)/t11-,14-/m1/s1. The van der Waals surface area contributed by atoms with Gasteiger partial charge in [0.2, 0.25) is 11.8 Å². The van der Waals surface area contributed by atoms with E-state index in [9.17, 15) is 14.7 Å². The summed E-state index contributed by atoms with van der Waals surface area (Å²) in [4.78, 5) is 25.5. The molecule has 6 nitrogen and oxygen atoms in total. The van der Waals surface area contributed by atoms with Crippen molar-refractivity contribution in [3.63, 3.8) is 0 Å². The highest BCUT2D eigenvalue weighted by Gasteiger charge is 2.32. The van der Waals surface area contributed by atoms with E-state index in [0.717, 1.165) is 12.8 Å². The third-order valence-corrected chi connectivity index (χ3v) is 5.19. The summed E-state index contributed by atoms with van der Waals surface area (Å²) in [6, 6.07) is 0.173. The van der Waals surface area contributed by atoms with Gasteiger partial charge in [-0.1, -0.05) is 19.3 Å². The van der Waals surface area contributed by atoms with Crippen molar-refractivity contribution in [3.05, 3.63) is 0 Å². The van der Waals surface area contributed by atoms with Crippen LogP contribution in [0.1, 0.15) is 51.9 Å². The first-order valence-electron chi connectivity index (χ1n) is 8.51. The van der Waals surface area contributed by atoms with Gasteiger partial charge in [-0.2, -0.15) is 0 Å². The fourth-order valence-corrected chi connectivity index (χ4v) is 3.59. The van der Waals surface area contributed by atoms with Crippen LogP contribution in [-0.4, -0.2) is 53.1 Å². The van der Waals surface area contributed by atoms with Crippen LogP contribution >= 0.6 is 0 Å². The summed E-state index contributed by atoms with van der Waals surface area (Å²) in [5.74, 6) is -0.635. The molecule has 2 atom stereocenters. The molecule has 0 spiro atoms. The van der Waals surface area contributed by atoms with Crippen molar-refractivity contribution < 1.29 is 14.7 Å². The Bertz CT molecular complexity index is 388. The summed E-state index contributed by atoms with van der Waals surface area (Å²) in [7, 11) is 0. The molecule has 0 aromatic rings. The van der Waals surface area contributed by atoms with Crippen molar-refractivity contribution >= 4 is 11.8 Å². The van der Waals surface area contributed by atoms with E-state index in [4.69, 9.17) is 5.73 Å². The molecule has 4 N–H and O–H groups in total. The molecule has 0 unspecified atom stereocenters. The Morgan fingerprint density at radius 2 is 1.73 bits per heavy atom. The number of nitrogens with one attached hydrogen (secondary N) is 1. The largest absolute Gasteiger partial charge is 0.383 e. The molecule has 0 bridgehead atoms. The average molecular weight is 311 g/mol. The monoisotopic (exact) mass is 311 g/mol. The average Bonchev–Trinajstić information content (AvgIpc) is 2.54. The first-order chi connectivity index (χ1) is 10.5. The Hall–Kier alpha value is -1.14. The molecular weight excluding hydrogens is 282 g/mol. The first-order valence-corrected chi connectivity index (χ1v) is 8.51. The number of aliphatic hydroxyl groups excluding tert-OH is 1. The van der Waals surface area contributed by atoms with Gasteiger partial charge < -0.3 is 16.2 Å². The zero-order valence-corrected chi connectivity index (χ0v) is 13.5. The fourth-order valence-electron chi connectivity index (χ4n) is 3.59. The van der Waals surface area contributed by atoms with E-state index in [1.54, 1.807) is 0 Å². The summed E-state index contributed by atoms with van der Waals surface area (Å²) in [5, 5.41) is 12.9. The van der Waals surface area contributed by atoms with E-state index >= 15 is 0 Å². The highest BCUT2D eigenvalue weighted by atomic mass is 16.3. The van der Waals surface area contributed by atoms with Crippen molar-refractivity contribution in [3.8, 4) is 0 Å². The lowest BCUT2D eigenvalue weighted by Gasteiger charge is -2.37. The summed E-state index contributed by atoms with van der Waals surface area (Å²) < 4.78 is 0. The van der Waals surface area contributed by atoms with Gasteiger partial charge in [0.05, 0.1) is 6.04 Å². The number of likely N-dealkylation sites (tertiary alicyclic amines) is 1. The Morgan fingerprint density at radius 1 is 1.14 bits per heavy atom. The van der Waals surface area contributed by atoms with Gasteiger partial charge in [0.1, 0.15) is 6.10 Å². The lowest BCUT2D eigenvalue weighted by atomic mass is 9.90. The van der Waals surface area contributed by atoms with Crippen molar-refractivity contribution in [2.24, 2.45) is 11.7 Å². The van der Waals surface area contributed by atoms with Crippen LogP contribution in [-0.2, 0) is 9.59 Å². The molecule has 1 aliphatic carbocycles. The van der Waals surface area contributed by atoms with Gasteiger partial charge in [0.25, 0.3) is 0 Å². The van der Waals surface area contributed by atoms with Gasteiger partial charge in [-0.15, -0.1) is 0 Å². The molecule has 6 heteroatoms. The van der Waals surface area contributed by atoms with Gasteiger partial charge in [-0.05, 0) is 51.6 Å². The number of aliphatic hydroxyl groups is 1. The second-order valence-electron chi connectivity index (χ2n) is 6.74. The third-order valence-electron chi connectivity index (χ3n) is 5.19. The molecule has 0 radical (unpaired) electrons. The number of hydrogen-bond donors (Lipinski definition) is 3. The highest BCUT2D eigenvalue weighted by molar-refractivity contribution is 5.81. The smallest absolute Gasteiger partial charge is 0.246 e. The number of nitrogens with zero attached hydrogens (tertiary/aromatic N) is 1. The minimum absolute atomic E-state index is 0.0812. The summed E-state index contributed by atoms with van der Waals surface area (Å²) >= 11 is 0. The molecular formula is C16H29N3O3. The highest BCUT2D eigenvalue weighted by Crippen LogP contribution is 2.23. The molecule has 2 fully saturated rings. The Labute approximate surface area is 132 Å². The topological polar surface area (TPSA) is 95.7 Å². The Balaban J connectivity index is 1.77. The number of hydrogen-bond acceptors (Lipinski definition) is 4. The van der Waals surface area contributed by atoms with Crippen molar-refractivity contribution in [2.45, 2.75) is 70.1 Å². The molecule has 1 saturated carbocycles. The lowest BCUT2D eigenvalue weighted by molar-refractivity contribution is -0.132. The predicted molar refractivity (Wildman–Crippen MR) is 84.0 cm³/mol. The Morgan fingerprint density at radius 3 is 2.27 bits per heavy atom. The van der Waals surface area contributed by atoms with E-state index < -0.39 is 12.0 Å². The van der Waals surface area contributed by atoms with Crippen LogP contribution < -0.4 is 11.1 Å². The molecule has 2 rings (SSSR count). The minimum atomic E-state index is -1.06. The van der Waals surface area contributed by atoms with Crippen LogP contribution in [0.15, 0.2) is 0 Å². The number of rotatable bonds is 5. The Kier molecular flexibility index (Phi) is 6.20. The molecule has 1 heterocycles. The van der Waals surface area contributed by atoms with E-state index in [1.165, 1.54) is 19.3 Å². The molecule has 0 aromatic heterocycles. The number of piperidine rings is 1. The van der Waals surface area contributed by atoms with Crippen molar-refractivity contribution in [1.29, 1.82) is 0 Å². The number of primary amides is 1. The summed E-state index contributed by atoms with van der Waals surface area (Å²) in [5.41, 5.74) is 5.15.